The third-order valence-electron chi connectivity index (χ3n) is 3.82. The monoisotopic (exact) mass is 331 g/mol. The standard InChI is InChI=1S/C15H24F3N5/c1-22(2)10-7-19-13-12(15(16,17)18)11-20-14(21-13)23-8-5-3-4-6-9-23/h11H,3-10H2,1-2H3,(H,19,20,21). The van der Waals surface area contributed by atoms with Crippen LogP contribution in [0.15, 0.2) is 6.20 Å². The van der Waals surface area contributed by atoms with Gasteiger partial charge in [0.15, 0.2) is 0 Å². The molecule has 0 bridgehead atoms. The topological polar surface area (TPSA) is 44.3 Å². The fourth-order valence-electron chi connectivity index (χ4n) is 2.54. The summed E-state index contributed by atoms with van der Waals surface area (Å²) in [5.74, 6) is 0.251. The van der Waals surface area contributed by atoms with Gasteiger partial charge in [-0.15, -0.1) is 0 Å². The summed E-state index contributed by atoms with van der Waals surface area (Å²) < 4.78 is 39.4. The summed E-state index contributed by atoms with van der Waals surface area (Å²) >= 11 is 0. The van der Waals surface area contributed by atoms with E-state index in [0.717, 1.165) is 45.0 Å². The number of nitrogens with one attached hydrogen (secondary N) is 1. The smallest absolute Gasteiger partial charge is 0.368 e. The van der Waals surface area contributed by atoms with Crippen molar-refractivity contribution in [1.82, 2.24) is 14.9 Å². The molecule has 8 heteroatoms. The van der Waals surface area contributed by atoms with E-state index in [2.05, 4.69) is 15.3 Å². The van der Waals surface area contributed by atoms with Gasteiger partial charge in [0, 0.05) is 32.4 Å². The van der Waals surface area contributed by atoms with Crippen LogP contribution in [0.25, 0.3) is 0 Å². The lowest BCUT2D eigenvalue weighted by molar-refractivity contribution is -0.137. The van der Waals surface area contributed by atoms with E-state index in [-0.39, 0.29) is 5.82 Å². The largest absolute Gasteiger partial charge is 0.421 e. The minimum atomic E-state index is -4.46. The second kappa shape index (κ2) is 7.81. The SMILES string of the molecule is CN(C)CCNc1nc(N2CCCCCC2)ncc1C(F)(F)F. The van der Waals surface area contributed by atoms with Crippen molar-refractivity contribution in [2.45, 2.75) is 31.9 Å². The Bertz CT molecular complexity index is 496. The summed E-state index contributed by atoms with van der Waals surface area (Å²) in [5.41, 5.74) is -0.810. The Hall–Kier alpha value is -1.57. The fourth-order valence-corrected chi connectivity index (χ4v) is 2.54. The average molecular weight is 331 g/mol. The van der Waals surface area contributed by atoms with Crippen LogP contribution in [-0.4, -0.2) is 55.1 Å². The number of aromatic nitrogens is 2. The molecule has 0 aliphatic carbocycles. The maximum Gasteiger partial charge on any atom is 0.421 e. The van der Waals surface area contributed by atoms with Crippen molar-refractivity contribution in [2.24, 2.45) is 0 Å². The molecule has 23 heavy (non-hydrogen) atoms. The predicted molar refractivity (Wildman–Crippen MR) is 84.8 cm³/mol. The number of rotatable bonds is 5. The van der Waals surface area contributed by atoms with Crippen LogP contribution in [0.1, 0.15) is 31.2 Å². The van der Waals surface area contributed by atoms with Gasteiger partial charge >= 0.3 is 6.18 Å². The van der Waals surface area contributed by atoms with Crippen molar-refractivity contribution >= 4 is 11.8 Å². The van der Waals surface area contributed by atoms with E-state index in [9.17, 15) is 13.2 Å². The van der Waals surface area contributed by atoms with Crippen molar-refractivity contribution in [3.8, 4) is 0 Å². The first-order valence-electron chi connectivity index (χ1n) is 7.95. The molecule has 1 fully saturated rings. The van der Waals surface area contributed by atoms with Gasteiger partial charge in [0.1, 0.15) is 11.4 Å². The van der Waals surface area contributed by atoms with Gasteiger partial charge in [-0.1, -0.05) is 12.8 Å². The summed E-state index contributed by atoms with van der Waals surface area (Å²) in [6.45, 7) is 2.61. The van der Waals surface area contributed by atoms with Crippen molar-refractivity contribution < 1.29 is 13.2 Å². The molecular weight excluding hydrogens is 307 g/mol. The lowest BCUT2D eigenvalue weighted by atomic mass is 10.2. The number of halogens is 3. The van der Waals surface area contributed by atoms with E-state index < -0.39 is 11.7 Å². The molecule has 130 valence electrons. The molecule has 2 rings (SSSR count). The van der Waals surface area contributed by atoms with Gasteiger partial charge in [-0.3, -0.25) is 0 Å². The van der Waals surface area contributed by atoms with Gasteiger partial charge in [0.05, 0.1) is 0 Å². The molecule has 1 aliphatic heterocycles. The Balaban J connectivity index is 2.21. The Morgan fingerprint density at radius 3 is 2.39 bits per heavy atom. The van der Waals surface area contributed by atoms with Crippen LogP contribution in [0.4, 0.5) is 24.9 Å². The van der Waals surface area contributed by atoms with Gasteiger partial charge < -0.3 is 15.1 Å². The van der Waals surface area contributed by atoms with E-state index in [1.54, 1.807) is 0 Å². The van der Waals surface area contributed by atoms with Crippen molar-refractivity contribution in [1.29, 1.82) is 0 Å². The summed E-state index contributed by atoms with van der Waals surface area (Å²) in [4.78, 5) is 12.0. The van der Waals surface area contributed by atoms with E-state index >= 15 is 0 Å². The van der Waals surface area contributed by atoms with Crippen molar-refractivity contribution in [3.05, 3.63) is 11.8 Å². The van der Waals surface area contributed by atoms with Crippen LogP contribution in [0.2, 0.25) is 0 Å². The van der Waals surface area contributed by atoms with Gasteiger partial charge in [0.25, 0.3) is 0 Å². The highest BCUT2D eigenvalue weighted by Crippen LogP contribution is 2.34. The third kappa shape index (κ3) is 5.23. The number of hydrogen-bond acceptors (Lipinski definition) is 5. The second-order valence-corrected chi connectivity index (χ2v) is 6.06. The molecule has 0 saturated carbocycles. The molecule has 1 aliphatic rings. The van der Waals surface area contributed by atoms with Crippen LogP contribution in [-0.2, 0) is 6.18 Å². The Morgan fingerprint density at radius 1 is 1.17 bits per heavy atom. The zero-order chi connectivity index (χ0) is 16.9. The summed E-state index contributed by atoms with van der Waals surface area (Å²) in [6.07, 6.45) is 0.765. The normalized spacial score (nSPS) is 16.5. The third-order valence-corrected chi connectivity index (χ3v) is 3.82. The molecule has 0 radical (unpaired) electrons. The number of alkyl halides is 3. The summed E-state index contributed by atoms with van der Waals surface area (Å²) in [5, 5.41) is 2.81. The number of nitrogens with zero attached hydrogens (tertiary/aromatic N) is 4. The molecule has 0 amide bonds. The summed E-state index contributed by atoms with van der Waals surface area (Å²) in [6, 6.07) is 0. The second-order valence-electron chi connectivity index (χ2n) is 6.06. The maximum atomic E-state index is 13.1. The number of hydrogen-bond donors (Lipinski definition) is 1. The lowest BCUT2D eigenvalue weighted by Gasteiger charge is -2.22. The zero-order valence-corrected chi connectivity index (χ0v) is 13.7. The minimum absolute atomic E-state index is 0.131. The quantitative estimate of drug-likeness (QED) is 0.899. The van der Waals surface area contributed by atoms with E-state index in [1.807, 2.05) is 23.9 Å². The molecule has 0 spiro atoms. The highest BCUT2D eigenvalue weighted by Gasteiger charge is 2.35. The Morgan fingerprint density at radius 2 is 1.83 bits per heavy atom. The van der Waals surface area contributed by atoms with Crippen LogP contribution in [0.5, 0.6) is 0 Å². The number of likely N-dealkylation sites (N-methyl/N-ethyl adjacent to an activating group) is 1. The minimum Gasteiger partial charge on any atom is -0.368 e. The predicted octanol–water partition coefficient (Wildman–Crippen LogP) is 2.85. The molecule has 1 aromatic rings. The van der Waals surface area contributed by atoms with Crippen LogP contribution >= 0.6 is 0 Å². The van der Waals surface area contributed by atoms with Gasteiger partial charge in [-0.05, 0) is 26.9 Å². The first-order chi connectivity index (χ1) is 10.9. The first kappa shape index (κ1) is 17.8. The highest BCUT2D eigenvalue weighted by atomic mass is 19.4. The van der Waals surface area contributed by atoms with Gasteiger partial charge in [-0.2, -0.15) is 18.2 Å². The zero-order valence-electron chi connectivity index (χ0n) is 13.7. The molecule has 1 aromatic heterocycles. The summed E-state index contributed by atoms with van der Waals surface area (Å²) in [7, 11) is 3.74. The lowest BCUT2D eigenvalue weighted by Crippen LogP contribution is -2.28. The van der Waals surface area contributed by atoms with E-state index in [1.165, 1.54) is 0 Å². The molecule has 5 nitrogen and oxygen atoms in total. The Kier molecular flexibility index (Phi) is 6.04. The maximum absolute atomic E-state index is 13.1. The average Bonchev–Trinajstić information content (AvgIpc) is 2.74. The fraction of sp³-hybridized carbons (Fsp3) is 0.733. The van der Waals surface area contributed by atoms with Gasteiger partial charge in [0.2, 0.25) is 5.95 Å². The molecule has 1 N–H and O–H groups in total. The molecular formula is C15H24F3N5. The number of anilines is 2. The van der Waals surface area contributed by atoms with Crippen molar-refractivity contribution in [3.63, 3.8) is 0 Å². The van der Waals surface area contributed by atoms with E-state index in [4.69, 9.17) is 0 Å². The molecule has 1 saturated heterocycles. The Labute approximate surface area is 134 Å². The first-order valence-corrected chi connectivity index (χ1v) is 7.95. The van der Waals surface area contributed by atoms with Gasteiger partial charge in [-0.25, -0.2) is 4.98 Å². The molecule has 2 heterocycles. The molecule has 0 aromatic carbocycles. The van der Waals surface area contributed by atoms with E-state index in [0.29, 0.717) is 19.0 Å². The van der Waals surface area contributed by atoms with Crippen LogP contribution < -0.4 is 10.2 Å². The molecule has 0 atom stereocenters. The van der Waals surface area contributed by atoms with Crippen LogP contribution in [0, 0.1) is 0 Å². The highest BCUT2D eigenvalue weighted by molar-refractivity contribution is 5.49. The van der Waals surface area contributed by atoms with Crippen molar-refractivity contribution in [2.75, 3.05) is 50.5 Å². The van der Waals surface area contributed by atoms with Crippen LogP contribution in [0.3, 0.4) is 0 Å². The molecule has 0 unspecified atom stereocenters.